The summed E-state index contributed by atoms with van der Waals surface area (Å²) in [6, 6.07) is 18.0. The van der Waals surface area contributed by atoms with Crippen LogP contribution in [-0.4, -0.2) is 31.2 Å². The zero-order chi connectivity index (χ0) is 21.3. The number of aromatic hydroxyl groups is 4. The number of phenols is 4. The van der Waals surface area contributed by atoms with Gasteiger partial charge in [-0.05, 0) is 42.0 Å². The van der Waals surface area contributed by atoms with Crippen molar-refractivity contribution >= 4 is 17.1 Å². The van der Waals surface area contributed by atoms with Crippen molar-refractivity contribution in [1.29, 1.82) is 0 Å². The summed E-state index contributed by atoms with van der Waals surface area (Å²) in [5.41, 5.74) is 2.39. The predicted octanol–water partition coefficient (Wildman–Crippen LogP) is 4.72. The fourth-order valence-electron chi connectivity index (χ4n) is 3.03. The largest absolute Gasteiger partial charge is 0.504 e. The van der Waals surface area contributed by atoms with E-state index in [2.05, 4.69) is 4.98 Å². The van der Waals surface area contributed by atoms with Crippen LogP contribution in [0.2, 0.25) is 0 Å². The Bertz CT molecular complexity index is 1230. The summed E-state index contributed by atoms with van der Waals surface area (Å²) >= 11 is 1.36. The summed E-state index contributed by atoms with van der Waals surface area (Å²) in [6.07, 6.45) is 0.0127. The van der Waals surface area contributed by atoms with Gasteiger partial charge in [-0.25, -0.2) is 4.98 Å². The molecule has 0 aliphatic heterocycles. The minimum atomic E-state index is -0.356. The maximum atomic E-state index is 12.7. The Kier molecular flexibility index (Phi) is 5.12. The van der Waals surface area contributed by atoms with E-state index in [-0.39, 0.29) is 40.8 Å². The summed E-state index contributed by atoms with van der Waals surface area (Å²) in [4.78, 5) is 18.1. The normalized spacial score (nSPS) is 10.8. The highest BCUT2D eigenvalue weighted by Gasteiger charge is 2.19. The molecule has 0 fully saturated rings. The van der Waals surface area contributed by atoms with Gasteiger partial charge in [0, 0.05) is 11.1 Å². The number of nitrogens with zero attached hydrogens (tertiary/aromatic N) is 1. The topological polar surface area (TPSA) is 111 Å². The van der Waals surface area contributed by atoms with Crippen LogP contribution in [0.1, 0.15) is 15.4 Å². The van der Waals surface area contributed by atoms with Gasteiger partial charge in [0.2, 0.25) is 0 Å². The van der Waals surface area contributed by atoms with Gasteiger partial charge in [0.05, 0.1) is 17.0 Å². The molecular weight excluding hydrogens is 402 g/mol. The Morgan fingerprint density at radius 3 is 2.10 bits per heavy atom. The van der Waals surface area contributed by atoms with Crippen LogP contribution in [0.5, 0.6) is 23.0 Å². The van der Waals surface area contributed by atoms with Gasteiger partial charge in [-0.3, -0.25) is 4.79 Å². The Morgan fingerprint density at radius 2 is 1.43 bits per heavy atom. The Balaban J connectivity index is 1.74. The first kappa shape index (κ1) is 19.5. The third kappa shape index (κ3) is 3.83. The van der Waals surface area contributed by atoms with Crippen LogP contribution < -0.4 is 0 Å². The summed E-state index contributed by atoms with van der Waals surface area (Å²) < 4.78 is 0. The van der Waals surface area contributed by atoms with Crippen molar-refractivity contribution in [3.63, 3.8) is 0 Å². The number of carbonyl (C=O) groups is 1. The van der Waals surface area contributed by atoms with Crippen LogP contribution in [0.4, 0.5) is 0 Å². The molecule has 0 aliphatic carbocycles. The first-order valence-electron chi connectivity index (χ1n) is 9.05. The van der Waals surface area contributed by atoms with Crippen molar-refractivity contribution in [2.24, 2.45) is 0 Å². The molecule has 0 bridgehead atoms. The number of rotatable bonds is 5. The van der Waals surface area contributed by atoms with Gasteiger partial charge in [-0.15, -0.1) is 11.3 Å². The molecule has 0 aliphatic rings. The molecule has 0 amide bonds. The lowest BCUT2D eigenvalue weighted by Gasteiger charge is -2.04. The van der Waals surface area contributed by atoms with E-state index in [1.54, 1.807) is 6.07 Å². The minimum Gasteiger partial charge on any atom is -0.504 e. The van der Waals surface area contributed by atoms with Gasteiger partial charge in [-0.1, -0.05) is 30.3 Å². The fraction of sp³-hybridized carbons (Fsp3) is 0.0435. The van der Waals surface area contributed by atoms with Gasteiger partial charge in [0.15, 0.2) is 28.8 Å². The van der Waals surface area contributed by atoms with Crippen LogP contribution >= 0.6 is 11.3 Å². The second-order valence-electron chi connectivity index (χ2n) is 6.66. The number of thiazole rings is 1. The maximum Gasteiger partial charge on any atom is 0.169 e. The molecule has 0 saturated heterocycles. The van der Waals surface area contributed by atoms with E-state index in [0.717, 1.165) is 10.4 Å². The maximum absolute atomic E-state index is 12.7. The van der Waals surface area contributed by atoms with Crippen LogP contribution in [0.15, 0.2) is 66.7 Å². The Hall–Kier alpha value is -3.84. The molecule has 0 unspecified atom stereocenters. The second kappa shape index (κ2) is 7.88. The van der Waals surface area contributed by atoms with E-state index >= 15 is 0 Å². The average Bonchev–Trinajstić information content (AvgIpc) is 3.16. The molecule has 7 heteroatoms. The molecule has 1 heterocycles. The smallest absolute Gasteiger partial charge is 0.169 e. The molecule has 0 saturated carbocycles. The number of phenolic OH excluding ortho intramolecular Hbond substituents is 4. The van der Waals surface area contributed by atoms with Gasteiger partial charge >= 0.3 is 0 Å². The summed E-state index contributed by atoms with van der Waals surface area (Å²) in [7, 11) is 0. The molecule has 0 radical (unpaired) electrons. The molecule has 150 valence electrons. The Labute approximate surface area is 176 Å². The highest BCUT2D eigenvalue weighted by atomic mass is 32.1. The number of aromatic nitrogens is 1. The van der Waals surface area contributed by atoms with Crippen LogP contribution in [-0.2, 0) is 6.42 Å². The number of ketones is 1. The lowest BCUT2D eigenvalue weighted by molar-refractivity contribution is 0.0992. The predicted molar refractivity (Wildman–Crippen MR) is 114 cm³/mol. The third-order valence-corrected chi connectivity index (χ3v) is 5.67. The second-order valence-corrected chi connectivity index (χ2v) is 7.74. The number of hydrogen-bond donors (Lipinski definition) is 4. The minimum absolute atomic E-state index is 0.0127. The zero-order valence-electron chi connectivity index (χ0n) is 15.6. The molecule has 1 aromatic heterocycles. The van der Waals surface area contributed by atoms with Gasteiger partial charge in [-0.2, -0.15) is 0 Å². The highest BCUT2D eigenvalue weighted by molar-refractivity contribution is 7.15. The first-order valence-corrected chi connectivity index (χ1v) is 9.86. The van der Waals surface area contributed by atoms with Gasteiger partial charge < -0.3 is 20.4 Å². The Morgan fingerprint density at radius 1 is 0.767 bits per heavy atom. The zero-order valence-corrected chi connectivity index (χ0v) is 16.4. The van der Waals surface area contributed by atoms with E-state index in [1.807, 2.05) is 30.3 Å². The van der Waals surface area contributed by atoms with E-state index in [1.165, 1.54) is 41.7 Å². The highest BCUT2D eigenvalue weighted by Crippen LogP contribution is 2.39. The molecular formula is C23H17NO5S. The van der Waals surface area contributed by atoms with Crippen LogP contribution in [0, 0.1) is 0 Å². The van der Waals surface area contributed by atoms with E-state index in [9.17, 15) is 25.2 Å². The fourth-order valence-corrected chi connectivity index (χ4v) is 4.12. The van der Waals surface area contributed by atoms with E-state index in [4.69, 9.17) is 0 Å². The van der Waals surface area contributed by atoms with E-state index < -0.39 is 0 Å². The van der Waals surface area contributed by atoms with Crippen molar-refractivity contribution < 1.29 is 25.2 Å². The molecule has 4 rings (SSSR count). The van der Waals surface area contributed by atoms with E-state index in [0.29, 0.717) is 16.3 Å². The molecule has 0 atom stereocenters. The molecule has 3 aromatic carbocycles. The number of benzene rings is 3. The van der Waals surface area contributed by atoms with Crippen molar-refractivity contribution in [3.8, 4) is 44.7 Å². The SMILES string of the molecule is O=C(Cc1nc(-c2ccc(O)c(O)c2)c(-c2ccccc2)s1)c1ccc(O)c(O)c1. The molecule has 4 aromatic rings. The van der Waals surface area contributed by atoms with Gasteiger partial charge in [0.25, 0.3) is 0 Å². The van der Waals surface area contributed by atoms with Crippen molar-refractivity contribution in [1.82, 2.24) is 4.98 Å². The summed E-state index contributed by atoms with van der Waals surface area (Å²) in [6.45, 7) is 0. The standard InChI is InChI=1S/C23H17NO5S/c25-16-8-6-14(10-19(16)28)18(27)12-21-24-22(15-7-9-17(26)20(29)11-15)23(30-21)13-4-2-1-3-5-13/h1-11,25-26,28-29H,12H2. The van der Waals surface area contributed by atoms with Crippen molar-refractivity contribution in [2.75, 3.05) is 0 Å². The molecule has 30 heavy (non-hydrogen) atoms. The monoisotopic (exact) mass is 419 g/mol. The summed E-state index contributed by atoms with van der Waals surface area (Å²) in [5.74, 6) is -1.37. The molecule has 6 nitrogen and oxygen atoms in total. The van der Waals surface area contributed by atoms with Crippen LogP contribution in [0.25, 0.3) is 21.7 Å². The van der Waals surface area contributed by atoms with Crippen LogP contribution in [0.3, 0.4) is 0 Å². The number of Topliss-reactive ketones (excluding diaryl/α,β-unsaturated/α-hetero) is 1. The average molecular weight is 419 g/mol. The molecule has 0 spiro atoms. The lowest BCUT2D eigenvalue weighted by Crippen LogP contribution is -2.03. The number of hydrogen-bond acceptors (Lipinski definition) is 7. The van der Waals surface area contributed by atoms with Gasteiger partial charge in [0.1, 0.15) is 5.01 Å². The van der Waals surface area contributed by atoms with Crippen molar-refractivity contribution in [3.05, 3.63) is 77.3 Å². The van der Waals surface area contributed by atoms with Crippen molar-refractivity contribution in [2.45, 2.75) is 6.42 Å². The quantitative estimate of drug-likeness (QED) is 0.275. The third-order valence-electron chi connectivity index (χ3n) is 4.57. The first-order chi connectivity index (χ1) is 14.4. The summed E-state index contributed by atoms with van der Waals surface area (Å²) in [5, 5.41) is 39.2. The lowest BCUT2D eigenvalue weighted by atomic mass is 10.1. The molecule has 4 N–H and O–H groups in total. The number of carbonyl (C=O) groups excluding carboxylic acids is 1.